The minimum absolute atomic E-state index is 0.286. The molecule has 0 radical (unpaired) electrons. The molecular weight excluding hydrogens is 472 g/mol. The summed E-state index contributed by atoms with van der Waals surface area (Å²) in [7, 11) is 3.39. The predicted molar refractivity (Wildman–Crippen MR) is 131 cm³/mol. The summed E-state index contributed by atoms with van der Waals surface area (Å²) in [4.78, 5) is 17.4. The van der Waals surface area contributed by atoms with Gasteiger partial charge in [-0.25, -0.2) is 4.98 Å². The summed E-state index contributed by atoms with van der Waals surface area (Å²) in [6, 6.07) is 9.06. The van der Waals surface area contributed by atoms with Gasteiger partial charge in [-0.15, -0.1) is 10.2 Å². The summed E-state index contributed by atoms with van der Waals surface area (Å²) in [5.74, 6) is 6.79. The molecule has 3 aromatic heterocycles. The van der Waals surface area contributed by atoms with E-state index in [-0.39, 0.29) is 11.1 Å². The Hall–Kier alpha value is -3.74. The third kappa shape index (κ3) is 4.78. The fourth-order valence-corrected chi connectivity index (χ4v) is 4.12. The van der Waals surface area contributed by atoms with E-state index in [1.54, 1.807) is 23.9 Å². The molecule has 8 nitrogen and oxygen atoms in total. The highest BCUT2D eigenvalue weighted by molar-refractivity contribution is 7.15. The van der Waals surface area contributed by atoms with Crippen molar-refractivity contribution in [3.05, 3.63) is 58.4 Å². The number of nitrogens with one attached hydrogen (secondary N) is 1. The normalized spacial score (nSPS) is 12.7. The van der Waals surface area contributed by atoms with Crippen LogP contribution in [0.15, 0.2) is 42.7 Å². The number of amides is 1. The lowest BCUT2D eigenvalue weighted by Crippen LogP contribution is -2.13. The van der Waals surface area contributed by atoms with Gasteiger partial charge < -0.3 is 4.74 Å². The molecule has 0 spiro atoms. The van der Waals surface area contributed by atoms with Gasteiger partial charge in [0, 0.05) is 35.9 Å². The molecule has 0 atom stereocenters. The Morgan fingerprint density at radius 2 is 2.09 bits per heavy atom. The molecule has 10 heteroatoms. The van der Waals surface area contributed by atoms with E-state index in [1.165, 1.54) is 17.5 Å². The summed E-state index contributed by atoms with van der Waals surface area (Å²) >= 11 is 7.44. The van der Waals surface area contributed by atoms with Crippen molar-refractivity contribution < 1.29 is 9.53 Å². The van der Waals surface area contributed by atoms with Crippen molar-refractivity contribution in [2.24, 2.45) is 13.0 Å². The summed E-state index contributed by atoms with van der Waals surface area (Å²) in [5.41, 5.74) is 3.30. The summed E-state index contributed by atoms with van der Waals surface area (Å²) < 4.78 is 7.22. The zero-order chi connectivity index (χ0) is 23.7. The fourth-order valence-electron chi connectivity index (χ4n) is 3.36. The number of anilines is 1. The third-order valence-electron chi connectivity index (χ3n) is 5.22. The number of nitrogens with zero attached hydrogens (tertiary/aromatic N) is 5. The number of methoxy groups -OCH3 is 1. The van der Waals surface area contributed by atoms with E-state index in [4.69, 9.17) is 16.3 Å². The molecule has 0 unspecified atom stereocenters. The van der Waals surface area contributed by atoms with E-state index >= 15 is 0 Å². The number of pyridine rings is 1. The van der Waals surface area contributed by atoms with E-state index < -0.39 is 0 Å². The lowest BCUT2D eigenvalue weighted by atomic mass is 9.95. The number of hydrogen-bond donors (Lipinski definition) is 1. The molecule has 1 fully saturated rings. The average molecular weight is 491 g/mol. The van der Waals surface area contributed by atoms with Crippen LogP contribution in [0.5, 0.6) is 5.75 Å². The van der Waals surface area contributed by atoms with Gasteiger partial charge in [-0.2, -0.15) is 5.10 Å². The maximum absolute atomic E-state index is 13.3. The highest BCUT2D eigenvalue weighted by Gasteiger charge is 2.20. The Morgan fingerprint density at radius 3 is 2.82 bits per heavy atom. The van der Waals surface area contributed by atoms with Gasteiger partial charge in [-0.3, -0.25) is 14.8 Å². The maximum atomic E-state index is 13.3. The van der Waals surface area contributed by atoms with Crippen molar-refractivity contribution in [2.45, 2.75) is 12.8 Å². The lowest BCUT2D eigenvalue weighted by molar-refractivity contribution is 0.102. The monoisotopic (exact) mass is 490 g/mol. The number of halogens is 1. The number of aryl methyl sites for hydroxylation is 1. The van der Waals surface area contributed by atoms with Gasteiger partial charge in [-0.1, -0.05) is 34.9 Å². The quantitative estimate of drug-likeness (QED) is 0.322. The molecule has 3 heterocycles. The van der Waals surface area contributed by atoms with Crippen LogP contribution >= 0.6 is 22.9 Å². The molecule has 34 heavy (non-hydrogen) atoms. The van der Waals surface area contributed by atoms with Gasteiger partial charge in [0.05, 0.1) is 19.0 Å². The van der Waals surface area contributed by atoms with E-state index in [2.05, 4.69) is 37.4 Å². The molecule has 1 aliphatic rings. The first kappa shape index (κ1) is 22.1. The number of carbonyl (C=O) groups excluding carboxylic acids is 1. The van der Waals surface area contributed by atoms with Crippen LogP contribution < -0.4 is 10.1 Å². The molecular formula is C24H19ClN6O2S. The summed E-state index contributed by atoms with van der Waals surface area (Å²) in [6.45, 7) is 0. The Balaban J connectivity index is 1.53. The highest BCUT2D eigenvalue weighted by Crippen LogP contribution is 2.36. The molecule has 0 aliphatic heterocycles. The van der Waals surface area contributed by atoms with Crippen molar-refractivity contribution >= 4 is 34.0 Å². The topological polar surface area (TPSA) is 94.8 Å². The minimum atomic E-state index is -0.338. The van der Waals surface area contributed by atoms with Gasteiger partial charge in [0.2, 0.25) is 5.13 Å². The van der Waals surface area contributed by atoms with Crippen molar-refractivity contribution in [3.63, 3.8) is 0 Å². The Kier molecular flexibility index (Phi) is 6.01. The molecule has 1 saturated carbocycles. The van der Waals surface area contributed by atoms with E-state index in [1.807, 2.05) is 31.4 Å². The lowest BCUT2D eigenvalue weighted by Gasteiger charge is -2.14. The second kappa shape index (κ2) is 9.25. The largest absolute Gasteiger partial charge is 0.494 e. The van der Waals surface area contributed by atoms with Crippen LogP contribution in [0.3, 0.4) is 0 Å². The summed E-state index contributed by atoms with van der Waals surface area (Å²) in [5, 5.41) is 16.7. The standard InChI is InChI=1S/C24H19ClN6O2S/c1-31-10-9-19(30-31)15-6-7-16(17(11-15)18-12-21(25)26-13-20(18)33-2)23(32)27-24-29-28-22(34-24)8-5-14-3-4-14/h6-7,9-14H,3-4H2,1-2H3,(H,27,29,32). The summed E-state index contributed by atoms with van der Waals surface area (Å²) in [6.07, 6.45) is 5.66. The molecule has 5 rings (SSSR count). The fraction of sp³-hybridized carbons (Fsp3) is 0.208. The van der Waals surface area contributed by atoms with Crippen molar-refractivity contribution in [3.8, 4) is 40.0 Å². The van der Waals surface area contributed by atoms with Crippen molar-refractivity contribution in [1.82, 2.24) is 25.0 Å². The molecule has 1 aromatic carbocycles. The minimum Gasteiger partial charge on any atom is -0.494 e. The van der Waals surface area contributed by atoms with Crippen LogP contribution in [0.1, 0.15) is 28.2 Å². The van der Waals surface area contributed by atoms with Crippen LogP contribution in [-0.4, -0.2) is 38.0 Å². The van der Waals surface area contributed by atoms with Gasteiger partial charge >= 0.3 is 0 Å². The molecule has 1 N–H and O–H groups in total. The zero-order valence-electron chi connectivity index (χ0n) is 18.4. The number of aromatic nitrogens is 5. The van der Waals surface area contributed by atoms with Crippen LogP contribution in [0.2, 0.25) is 5.15 Å². The molecule has 0 saturated heterocycles. The highest BCUT2D eigenvalue weighted by atomic mass is 35.5. The molecule has 0 bridgehead atoms. The van der Waals surface area contributed by atoms with Crippen LogP contribution in [0.4, 0.5) is 5.13 Å². The van der Waals surface area contributed by atoms with Gasteiger partial charge in [0.15, 0.2) is 5.01 Å². The second-order valence-electron chi connectivity index (χ2n) is 7.75. The number of hydrogen-bond acceptors (Lipinski definition) is 7. The van der Waals surface area contributed by atoms with Crippen LogP contribution in [0, 0.1) is 17.8 Å². The predicted octanol–water partition coefficient (Wildman–Crippen LogP) is 4.68. The van der Waals surface area contributed by atoms with Crippen LogP contribution in [-0.2, 0) is 7.05 Å². The van der Waals surface area contributed by atoms with Gasteiger partial charge in [-0.05, 0) is 48.6 Å². The first-order chi connectivity index (χ1) is 16.5. The Morgan fingerprint density at radius 1 is 1.24 bits per heavy atom. The maximum Gasteiger partial charge on any atom is 0.258 e. The van der Waals surface area contributed by atoms with Gasteiger partial charge in [0.1, 0.15) is 10.9 Å². The molecule has 1 aliphatic carbocycles. The molecule has 4 aromatic rings. The zero-order valence-corrected chi connectivity index (χ0v) is 19.9. The average Bonchev–Trinajstić information content (AvgIpc) is 3.40. The number of ether oxygens (including phenoxy) is 1. The van der Waals surface area contributed by atoms with E-state index in [9.17, 15) is 4.79 Å². The number of carbonyl (C=O) groups is 1. The first-order valence-corrected chi connectivity index (χ1v) is 11.7. The first-order valence-electron chi connectivity index (χ1n) is 10.5. The smallest absolute Gasteiger partial charge is 0.258 e. The third-order valence-corrected chi connectivity index (χ3v) is 6.18. The van der Waals surface area contributed by atoms with E-state index in [0.29, 0.717) is 38.5 Å². The SMILES string of the molecule is COc1cnc(Cl)cc1-c1cc(-c2ccn(C)n2)ccc1C(=O)Nc1nnc(C#CC2CC2)s1. The Labute approximate surface area is 205 Å². The number of rotatable bonds is 5. The van der Waals surface area contributed by atoms with E-state index in [0.717, 1.165) is 24.1 Å². The van der Waals surface area contributed by atoms with Crippen molar-refractivity contribution in [2.75, 3.05) is 12.4 Å². The van der Waals surface area contributed by atoms with Crippen LogP contribution in [0.25, 0.3) is 22.4 Å². The van der Waals surface area contributed by atoms with Crippen molar-refractivity contribution in [1.29, 1.82) is 0 Å². The van der Waals surface area contributed by atoms with Gasteiger partial charge in [0.25, 0.3) is 5.91 Å². The molecule has 1 amide bonds. The Bertz CT molecular complexity index is 1450. The second-order valence-corrected chi connectivity index (χ2v) is 9.12. The number of benzene rings is 1. The molecule has 170 valence electrons.